The summed E-state index contributed by atoms with van der Waals surface area (Å²) in [4.78, 5) is 18.4. The minimum atomic E-state index is -0.326. The minimum Gasteiger partial charge on any atom is -0.462 e. The lowest BCUT2D eigenvalue weighted by Crippen LogP contribution is -2.33. The Morgan fingerprint density at radius 3 is 2.87 bits per heavy atom. The van der Waals surface area contributed by atoms with E-state index in [1.807, 2.05) is 6.07 Å². The van der Waals surface area contributed by atoms with E-state index in [2.05, 4.69) is 42.1 Å². The molecule has 0 fully saturated rings. The maximum absolute atomic E-state index is 11.7. The molecule has 0 spiro atoms. The summed E-state index contributed by atoms with van der Waals surface area (Å²) >= 11 is 0. The Morgan fingerprint density at radius 1 is 1.35 bits per heavy atom. The van der Waals surface area contributed by atoms with E-state index in [1.54, 1.807) is 19.2 Å². The zero-order valence-corrected chi connectivity index (χ0v) is 13.9. The summed E-state index contributed by atoms with van der Waals surface area (Å²) in [5.74, 6) is -0.326. The number of benzene rings is 1. The van der Waals surface area contributed by atoms with E-state index in [9.17, 15) is 4.79 Å². The number of hydrogen-bond acceptors (Lipinski definition) is 4. The highest BCUT2D eigenvalue weighted by molar-refractivity contribution is 5.89. The van der Waals surface area contributed by atoms with Gasteiger partial charge in [-0.25, -0.2) is 4.79 Å². The smallest absolute Gasteiger partial charge is 0.339 e. The quantitative estimate of drug-likeness (QED) is 0.811. The Labute approximate surface area is 137 Å². The SMILES string of the molecule is CCOC(=O)c1ccc(-c2ccc3c(c2)CC[C@H](C)N3C)nc1. The van der Waals surface area contributed by atoms with Crippen LogP contribution in [0.25, 0.3) is 11.3 Å². The van der Waals surface area contributed by atoms with Gasteiger partial charge in [-0.2, -0.15) is 0 Å². The Bertz CT molecular complexity index is 710. The Balaban J connectivity index is 1.87. The lowest BCUT2D eigenvalue weighted by molar-refractivity contribution is 0.0526. The van der Waals surface area contributed by atoms with Crippen LogP contribution in [0, 0.1) is 0 Å². The number of rotatable bonds is 3. The van der Waals surface area contributed by atoms with Crippen molar-refractivity contribution in [2.45, 2.75) is 32.7 Å². The maximum atomic E-state index is 11.7. The average Bonchev–Trinajstić information content (AvgIpc) is 2.58. The van der Waals surface area contributed by atoms with Gasteiger partial charge in [0.2, 0.25) is 0 Å². The third kappa shape index (κ3) is 3.07. The molecule has 0 saturated carbocycles. The standard InChI is InChI=1S/C19H22N2O2/c1-4-23-19(22)16-7-9-17(20-12-16)14-8-10-18-15(11-14)6-5-13(2)21(18)3/h7-13H,4-6H2,1-3H3/t13-/m0/s1. The van der Waals surface area contributed by atoms with Gasteiger partial charge in [-0.15, -0.1) is 0 Å². The van der Waals surface area contributed by atoms with E-state index in [0.29, 0.717) is 18.2 Å². The third-order valence-electron chi connectivity index (χ3n) is 4.52. The molecule has 2 aromatic rings. The monoisotopic (exact) mass is 310 g/mol. The van der Waals surface area contributed by atoms with Crippen molar-refractivity contribution in [1.29, 1.82) is 0 Å². The molecule has 1 atom stereocenters. The fourth-order valence-corrected chi connectivity index (χ4v) is 2.98. The molecular weight excluding hydrogens is 288 g/mol. The number of carbonyl (C=O) groups is 1. The molecular formula is C19H22N2O2. The molecule has 0 saturated heterocycles. The first-order chi connectivity index (χ1) is 11.1. The van der Waals surface area contributed by atoms with Crippen LogP contribution in [-0.4, -0.2) is 30.6 Å². The van der Waals surface area contributed by atoms with Crippen molar-refractivity contribution in [2.75, 3.05) is 18.6 Å². The summed E-state index contributed by atoms with van der Waals surface area (Å²) in [7, 11) is 2.15. The van der Waals surface area contributed by atoms with Gasteiger partial charge < -0.3 is 9.64 Å². The van der Waals surface area contributed by atoms with Crippen molar-refractivity contribution >= 4 is 11.7 Å². The highest BCUT2D eigenvalue weighted by atomic mass is 16.5. The number of fused-ring (bicyclic) bond motifs is 1. The first-order valence-electron chi connectivity index (χ1n) is 8.09. The second-order valence-electron chi connectivity index (χ2n) is 5.99. The number of hydrogen-bond donors (Lipinski definition) is 0. The Kier molecular flexibility index (Phi) is 4.33. The number of pyridine rings is 1. The minimum absolute atomic E-state index is 0.326. The summed E-state index contributed by atoms with van der Waals surface area (Å²) in [5.41, 5.74) is 5.11. The van der Waals surface area contributed by atoms with Gasteiger partial charge in [0, 0.05) is 30.5 Å². The summed E-state index contributed by atoms with van der Waals surface area (Å²) in [6, 6.07) is 10.7. The molecule has 1 aliphatic heterocycles. The normalized spacial score (nSPS) is 16.8. The number of aromatic nitrogens is 1. The lowest BCUT2D eigenvalue weighted by atomic mass is 9.94. The second kappa shape index (κ2) is 6.41. The molecule has 0 bridgehead atoms. The number of aryl methyl sites for hydroxylation is 1. The molecule has 1 aromatic heterocycles. The van der Waals surface area contributed by atoms with Crippen molar-refractivity contribution in [2.24, 2.45) is 0 Å². The Morgan fingerprint density at radius 2 is 2.17 bits per heavy atom. The van der Waals surface area contributed by atoms with Crippen molar-refractivity contribution in [3.63, 3.8) is 0 Å². The van der Waals surface area contributed by atoms with Gasteiger partial charge in [0.1, 0.15) is 0 Å². The van der Waals surface area contributed by atoms with Crippen LogP contribution < -0.4 is 4.90 Å². The summed E-state index contributed by atoms with van der Waals surface area (Å²) in [6.07, 6.45) is 3.85. The van der Waals surface area contributed by atoms with Crippen LogP contribution in [-0.2, 0) is 11.2 Å². The molecule has 3 rings (SSSR count). The van der Waals surface area contributed by atoms with Gasteiger partial charge in [0.05, 0.1) is 17.9 Å². The highest BCUT2D eigenvalue weighted by Gasteiger charge is 2.20. The van der Waals surface area contributed by atoms with E-state index >= 15 is 0 Å². The van der Waals surface area contributed by atoms with Crippen LogP contribution in [0.5, 0.6) is 0 Å². The fraction of sp³-hybridized carbons (Fsp3) is 0.368. The second-order valence-corrected chi connectivity index (χ2v) is 5.99. The third-order valence-corrected chi connectivity index (χ3v) is 4.52. The summed E-state index contributed by atoms with van der Waals surface area (Å²) < 4.78 is 4.99. The van der Waals surface area contributed by atoms with Gasteiger partial charge in [-0.05, 0) is 56.5 Å². The van der Waals surface area contributed by atoms with Gasteiger partial charge in [-0.1, -0.05) is 6.07 Å². The number of nitrogens with zero attached hydrogens (tertiary/aromatic N) is 2. The fourth-order valence-electron chi connectivity index (χ4n) is 2.98. The predicted octanol–water partition coefficient (Wildman–Crippen LogP) is 3.70. The topological polar surface area (TPSA) is 42.4 Å². The van der Waals surface area contributed by atoms with Crippen LogP contribution >= 0.6 is 0 Å². The van der Waals surface area contributed by atoms with Crippen LogP contribution in [0.15, 0.2) is 36.5 Å². The molecule has 1 aliphatic rings. The zero-order chi connectivity index (χ0) is 16.4. The first kappa shape index (κ1) is 15.5. The molecule has 0 amide bonds. The van der Waals surface area contributed by atoms with Crippen LogP contribution in [0.1, 0.15) is 36.2 Å². The van der Waals surface area contributed by atoms with Gasteiger partial charge in [0.15, 0.2) is 0 Å². The van der Waals surface area contributed by atoms with Crippen molar-refractivity contribution in [3.05, 3.63) is 47.7 Å². The van der Waals surface area contributed by atoms with E-state index in [4.69, 9.17) is 4.74 Å². The van der Waals surface area contributed by atoms with Crippen LogP contribution in [0.2, 0.25) is 0 Å². The average molecular weight is 310 g/mol. The molecule has 0 unspecified atom stereocenters. The predicted molar refractivity (Wildman–Crippen MR) is 91.8 cm³/mol. The van der Waals surface area contributed by atoms with Crippen LogP contribution in [0.4, 0.5) is 5.69 Å². The van der Waals surface area contributed by atoms with Crippen molar-refractivity contribution in [1.82, 2.24) is 4.98 Å². The maximum Gasteiger partial charge on any atom is 0.339 e. The van der Waals surface area contributed by atoms with E-state index in [1.165, 1.54) is 17.7 Å². The summed E-state index contributed by atoms with van der Waals surface area (Å²) in [6.45, 7) is 4.43. The van der Waals surface area contributed by atoms with Crippen molar-refractivity contribution in [3.8, 4) is 11.3 Å². The highest BCUT2D eigenvalue weighted by Crippen LogP contribution is 2.32. The summed E-state index contributed by atoms with van der Waals surface area (Å²) in [5, 5.41) is 0. The van der Waals surface area contributed by atoms with E-state index in [-0.39, 0.29) is 5.97 Å². The molecule has 120 valence electrons. The zero-order valence-electron chi connectivity index (χ0n) is 13.9. The van der Waals surface area contributed by atoms with Gasteiger partial charge in [0.25, 0.3) is 0 Å². The number of esters is 1. The molecule has 1 aromatic carbocycles. The van der Waals surface area contributed by atoms with E-state index < -0.39 is 0 Å². The molecule has 4 nitrogen and oxygen atoms in total. The van der Waals surface area contributed by atoms with Crippen molar-refractivity contribution < 1.29 is 9.53 Å². The molecule has 4 heteroatoms. The van der Waals surface area contributed by atoms with E-state index in [0.717, 1.165) is 17.7 Å². The first-order valence-corrected chi connectivity index (χ1v) is 8.09. The molecule has 2 heterocycles. The van der Waals surface area contributed by atoms with Gasteiger partial charge >= 0.3 is 5.97 Å². The lowest BCUT2D eigenvalue weighted by Gasteiger charge is -2.34. The molecule has 0 N–H and O–H groups in total. The number of ether oxygens (including phenoxy) is 1. The Hall–Kier alpha value is -2.36. The molecule has 0 aliphatic carbocycles. The molecule has 23 heavy (non-hydrogen) atoms. The molecule has 0 radical (unpaired) electrons. The number of anilines is 1. The van der Waals surface area contributed by atoms with Crippen LogP contribution in [0.3, 0.4) is 0 Å². The largest absolute Gasteiger partial charge is 0.462 e. The number of carbonyl (C=O) groups excluding carboxylic acids is 1. The van der Waals surface area contributed by atoms with Gasteiger partial charge in [-0.3, -0.25) is 4.98 Å².